The van der Waals surface area contributed by atoms with Crippen molar-refractivity contribution in [2.75, 3.05) is 11.3 Å². The van der Waals surface area contributed by atoms with Crippen LogP contribution < -0.4 is 20.7 Å². The van der Waals surface area contributed by atoms with E-state index < -0.39 is 25.3 Å². The molecule has 0 bridgehead atoms. The van der Waals surface area contributed by atoms with Gasteiger partial charge in [0.1, 0.15) is 5.25 Å². The monoisotopic (exact) mass is 320 g/mol. The van der Waals surface area contributed by atoms with Crippen LogP contribution in [0.1, 0.15) is 6.92 Å². The molecule has 0 amide bonds. The van der Waals surface area contributed by atoms with Crippen molar-refractivity contribution in [2.24, 2.45) is 5.14 Å². The van der Waals surface area contributed by atoms with Gasteiger partial charge in [0, 0.05) is 18.3 Å². The van der Waals surface area contributed by atoms with Crippen LogP contribution in [0.5, 0.6) is 0 Å². The number of nitrogens with one attached hydrogen (secondary N) is 3. The number of sulfonamides is 2. The van der Waals surface area contributed by atoms with Crippen LogP contribution in [0, 0.1) is 0 Å². The summed E-state index contributed by atoms with van der Waals surface area (Å²) in [5.41, 5.74) is 5.89. The minimum atomic E-state index is -3.78. The van der Waals surface area contributed by atoms with Gasteiger partial charge in [0.15, 0.2) is 0 Å². The minimum absolute atomic E-state index is 0.0713. The molecule has 0 aliphatic carbocycles. The number of anilines is 1. The molecule has 1 aliphatic rings. The first-order valence-electron chi connectivity index (χ1n) is 5.83. The largest absolute Gasteiger partial charge is 0.283 e. The Labute approximate surface area is 117 Å². The predicted molar refractivity (Wildman–Crippen MR) is 74.7 cm³/mol. The lowest BCUT2D eigenvalue weighted by Gasteiger charge is -2.16. The molecule has 112 valence electrons. The minimum Gasteiger partial charge on any atom is -0.283 e. The van der Waals surface area contributed by atoms with E-state index in [1.54, 1.807) is 6.92 Å². The van der Waals surface area contributed by atoms with Gasteiger partial charge in [0.25, 0.3) is 0 Å². The molecular formula is C10H16N4O4S2. The molecule has 1 aromatic rings. The Kier molecular flexibility index (Phi) is 4.02. The molecule has 0 aromatic heterocycles. The summed E-state index contributed by atoms with van der Waals surface area (Å²) in [6.07, 6.45) is 0. The molecule has 1 aromatic carbocycles. The first-order valence-corrected chi connectivity index (χ1v) is 8.92. The molecule has 0 radical (unpaired) electrons. The molecule has 0 saturated carbocycles. The average molecular weight is 320 g/mol. The van der Waals surface area contributed by atoms with E-state index in [1.165, 1.54) is 24.3 Å². The van der Waals surface area contributed by atoms with Crippen molar-refractivity contribution in [3.63, 3.8) is 0 Å². The Morgan fingerprint density at radius 2 is 1.80 bits per heavy atom. The first kappa shape index (κ1) is 15.2. The number of primary sulfonamides is 1. The van der Waals surface area contributed by atoms with Gasteiger partial charge in [0.05, 0.1) is 4.90 Å². The van der Waals surface area contributed by atoms with Crippen molar-refractivity contribution >= 4 is 25.7 Å². The first-order chi connectivity index (χ1) is 9.20. The van der Waals surface area contributed by atoms with Gasteiger partial charge in [0.2, 0.25) is 20.0 Å². The van der Waals surface area contributed by atoms with E-state index in [9.17, 15) is 16.8 Å². The predicted octanol–water partition coefficient (Wildman–Crippen LogP) is -1.06. The topological polar surface area (TPSA) is 130 Å². The third-order valence-electron chi connectivity index (χ3n) is 3.03. The summed E-state index contributed by atoms with van der Waals surface area (Å²) in [7, 11) is -7.35. The fourth-order valence-corrected chi connectivity index (χ4v) is 3.96. The smallest absolute Gasteiger partial charge is 0.238 e. The van der Waals surface area contributed by atoms with E-state index in [1.807, 2.05) is 0 Å². The second-order valence-corrected chi connectivity index (χ2v) is 8.03. The number of hydrogen-bond acceptors (Lipinski definition) is 6. The molecular weight excluding hydrogens is 304 g/mol. The highest BCUT2D eigenvalue weighted by molar-refractivity contribution is 7.93. The van der Waals surface area contributed by atoms with Crippen LogP contribution in [0.2, 0.25) is 0 Å². The van der Waals surface area contributed by atoms with Crippen molar-refractivity contribution in [3.8, 4) is 0 Å². The Morgan fingerprint density at radius 3 is 2.25 bits per heavy atom. The van der Waals surface area contributed by atoms with Crippen molar-refractivity contribution in [2.45, 2.75) is 23.1 Å². The maximum absolute atomic E-state index is 12.2. The number of rotatable bonds is 4. The van der Waals surface area contributed by atoms with E-state index in [2.05, 4.69) is 15.6 Å². The Bertz CT molecular complexity index is 684. The van der Waals surface area contributed by atoms with Gasteiger partial charge < -0.3 is 0 Å². The van der Waals surface area contributed by atoms with Crippen LogP contribution in [0.4, 0.5) is 5.69 Å². The van der Waals surface area contributed by atoms with E-state index in [-0.39, 0.29) is 16.6 Å². The molecule has 1 heterocycles. The number of benzene rings is 1. The molecule has 1 saturated heterocycles. The summed E-state index contributed by atoms with van der Waals surface area (Å²) < 4.78 is 49.0. The van der Waals surface area contributed by atoms with Crippen molar-refractivity contribution in [1.82, 2.24) is 10.9 Å². The highest BCUT2D eigenvalue weighted by atomic mass is 32.2. The third-order valence-corrected chi connectivity index (χ3v) is 5.85. The number of hydrazine groups is 1. The maximum atomic E-state index is 12.2. The molecule has 20 heavy (non-hydrogen) atoms. The van der Waals surface area contributed by atoms with Gasteiger partial charge in [-0.25, -0.2) is 22.0 Å². The zero-order valence-electron chi connectivity index (χ0n) is 10.7. The normalized spacial score (nSPS) is 23.7. The summed E-state index contributed by atoms with van der Waals surface area (Å²) in [4.78, 5) is -0.0713. The van der Waals surface area contributed by atoms with E-state index in [4.69, 9.17) is 5.14 Å². The second-order valence-electron chi connectivity index (χ2n) is 4.57. The highest BCUT2D eigenvalue weighted by Crippen LogP contribution is 2.17. The van der Waals surface area contributed by atoms with Gasteiger partial charge in [-0.05, 0) is 31.2 Å². The van der Waals surface area contributed by atoms with Crippen LogP contribution in [0.15, 0.2) is 29.2 Å². The van der Waals surface area contributed by atoms with Crippen molar-refractivity contribution < 1.29 is 16.8 Å². The Hall–Kier alpha value is -1.20. The lowest BCUT2D eigenvalue weighted by atomic mass is 10.3. The van der Waals surface area contributed by atoms with Crippen LogP contribution in [-0.4, -0.2) is 34.7 Å². The summed E-state index contributed by atoms with van der Waals surface area (Å²) in [6, 6.07) is 5.00. The summed E-state index contributed by atoms with van der Waals surface area (Å²) in [5, 5.41) is 4.36. The van der Waals surface area contributed by atoms with Crippen LogP contribution in [-0.2, 0) is 20.0 Å². The number of hydrogen-bond donors (Lipinski definition) is 4. The molecule has 5 N–H and O–H groups in total. The van der Waals surface area contributed by atoms with Crippen molar-refractivity contribution in [1.29, 1.82) is 0 Å². The molecule has 2 unspecified atom stereocenters. The molecule has 8 nitrogen and oxygen atoms in total. The zero-order valence-corrected chi connectivity index (χ0v) is 12.3. The summed E-state index contributed by atoms with van der Waals surface area (Å²) in [5.74, 6) is 0. The van der Waals surface area contributed by atoms with Gasteiger partial charge >= 0.3 is 0 Å². The molecule has 2 atom stereocenters. The molecule has 0 spiro atoms. The van der Waals surface area contributed by atoms with Crippen LogP contribution in [0.3, 0.4) is 0 Å². The molecule has 1 fully saturated rings. The molecule has 1 aliphatic heterocycles. The second kappa shape index (κ2) is 5.30. The average Bonchev–Trinajstić information content (AvgIpc) is 2.75. The third kappa shape index (κ3) is 3.27. The standard InChI is InChI=1S/C10H16N4O4S2/c1-7-10(6-12-13-7)20(17,18)14-8-2-4-9(5-3-8)19(11,15)16/h2-5,7,10,12-14H,6H2,1H3,(H2,11,15,16). The molecule has 10 heteroatoms. The lowest BCUT2D eigenvalue weighted by Crippen LogP contribution is -2.38. The summed E-state index contributed by atoms with van der Waals surface area (Å²) in [6.45, 7) is 2.06. The van der Waals surface area contributed by atoms with Gasteiger partial charge in [-0.3, -0.25) is 15.6 Å². The Morgan fingerprint density at radius 1 is 1.20 bits per heavy atom. The van der Waals surface area contributed by atoms with Gasteiger partial charge in [-0.15, -0.1) is 0 Å². The quantitative estimate of drug-likeness (QED) is 0.559. The highest BCUT2D eigenvalue weighted by Gasteiger charge is 2.34. The van der Waals surface area contributed by atoms with Gasteiger partial charge in [-0.2, -0.15) is 0 Å². The fraction of sp³-hybridized carbons (Fsp3) is 0.400. The van der Waals surface area contributed by atoms with Crippen LogP contribution in [0.25, 0.3) is 0 Å². The van der Waals surface area contributed by atoms with E-state index in [0.29, 0.717) is 6.54 Å². The maximum Gasteiger partial charge on any atom is 0.238 e. The number of nitrogens with two attached hydrogens (primary N) is 1. The fourth-order valence-electron chi connectivity index (χ4n) is 1.92. The SMILES string of the molecule is CC1NNCC1S(=O)(=O)Nc1ccc(S(N)(=O)=O)cc1. The van der Waals surface area contributed by atoms with Crippen LogP contribution >= 0.6 is 0 Å². The zero-order chi connectivity index (χ0) is 15.0. The summed E-state index contributed by atoms with van der Waals surface area (Å²) >= 11 is 0. The van der Waals surface area contributed by atoms with E-state index in [0.717, 1.165) is 0 Å². The Balaban J connectivity index is 2.18. The molecule has 2 rings (SSSR count). The lowest BCUT2D eigenvalue weighted by molar-refractivity contribution is 0.565. The van der Waals surface area contributed by atoms with E-state index >= 15 is 0 Å². The van der Waals surface area contributed by atoms with Crippen molar-refractivity contribution in [3.05, 3.63) is 24.3 Å². The van der Waals surface area contributed by atoms with Gasteiger partial charge in [-0.1, -0.05) is 0 Å².